The topological polar surface area (TPSA) is 6.48 Å². The van der Waals surface area contributed by atoms with Gasteiger partial charge in [-0.15, -0.1) is 0 Å². The van der Waals surface area contributed by atoms with E-state index in [4.69, 9.17) is 0 Å². The van der Waals surface area contributed by atoms with Gasteiger partial charge in [-0.1, -0.05) is 184 Å². The standard InChI is InChI=1S/C58H44N2/c1-57(2)52-29-17-18-30-55(52)60(46-25-13-6-14-26-46)56-39-42(33-38-53(56)57)41-31-34-47(35-32-41)59(45-23-11-5-12-24-45)48-36-37-50-49-27-15-16-28-51(49)58(54(50)40-48,43-19-7-3-8-20-43)44-21-9-4-10-22-44/h3-40H,1-2H3. The molecule has 0 amide bonds. The number of fused-ring (bicyclic) bond motifs is 5. The fourth-order valence-electron chi connectivity index (χ4n) is 10.2. The van der Waals surface area contributed by atoms with E-state index < -0.39 is 5.41 Å². The van der Waals surface area contributed by atoms with Crippen LogP contribution in [0.5, 0.6) is 0 Å². The molecule has 0 bridgehead atoms. The van der Waals surface area contributed by atoms with Crippen molar-refractivity contribution in [3.05, 3.63) is 264 Å². The number of anilines is 6. The third kappa shape index (κ3) is 5.48. The molecule has 0 atom stereocenters. The van der Waals surface area contributed by atoms with Gasteiger partial charge < -0.3 is 9.80 Å². The summed E-state index contributed by atoms with van der Waals surface area (Å²) in [5.41, 5.74) is 19.0. The Hall–Kier alpha value is -7.42. The summed E-state index contributed by atoms with van der Waals surface area (Å²) in [6.45, 7) is 4.70. The molecule has 2 aliphatic rings. The van der Waals surface area contributed by atoms with Gasteiger partial charge in [-0.2, -0.15) is 0 Å². The van der Waals surface area contributed by atoms with Gasteiger partial charge in [-0.3, -0.25) is 0 Å². The molecule has 0 aromatic heterocycles. The van der Waals surface area contributed by atoms with Crippen LogP contribution in [-0.2, 0) is 10.8 Å². The van der Waals surface area contributed by atoms with Gasteiger partial charge in [0, 0.05) is 28.2 Å². The van der Waals surface area contributed by atoms with E-state index in [1.165, 1.54) is 67.0 Å². The fraction of sp³-hybridized carbons (Fsp3) is 0.0690. The zero-order valence-corrected chi connectivity index (χ0v) is 33.8. The Morgan fingerprint density at radius 3 is 1.53 bits per heavy atom. The van der Waals surface area contributed by atoms with E-state index >= 15 is 0 Å². The van der Waals surface area contributed by atoms with Crippen molar-refractivity contribution in [2.45, 2.75) is 24.7 Å². The minimum Gasteiger partial charge on any atom is -0.310 e. The Morgan fingerprint density at radius 1 is 0.350 bits per heavy atom. The molecule has 286 valence electrons. The van der Waals surface area contributed by atoms with E-state index in [9.17, 15) is 0 Å². The summed E-state index contributed by atoms with van der Waals surface area (Å²) in [4.78, 5) is 4.83. The van der Waals surface area contributed by atoms with Crippen molar-refractivity contribution in [2.75, 3.05) is 9.80 Å². The Balaban J connectivity index is 1.04. The second-order valence-corrected chi connectivity index (χ2v) is 16.5. The first kappa shape index (κ1) is 35.7. The zero-order chi connectivity index (χ0) is 40.3. The van der Waals surface area contributed by atoms with Crippen LogP contribution in [0.15, 0.2) is 231 Å². The number of hydrogen-bond donors (Lipinski definition) is 0. The lowest BCUT2D eigenvalue weighted by atomic mass is 9.67. The van der Waals surface area contributed by atoms with Crippen LogP contribution in [0.2, 0.25) is 0 Å². The smallest absolute Gasteiger partial charge is 0.0714 e. The van der Waals surface area contributed by atoms with Gasteiger partial charge in [0.05, 0.1) is 16.8 Å². The molecule has 2 nitrogen and oxygen atoms in total. The van der Waals surface area contributed by atoms with Crippen molar-refractivity contribution in [1.29, 1.82) is 0 Å². The van der Waals surface area contributed by atoms with Crippen LogP contribution in [0.4, 0.5) is 34.1 Å². The van der Waals surface area contributed by atoms with E-state index in [1.807, 2.05) is 0 Å². The molecule has 2 heteroatoms. The van der Waals surface area contributed by atoms with Gasteiger partial charge in [0.25, 0.3) is 0 Å². The monoisotopic (exact) mass is 768 g/mol. The molecule has 0 saturated heterocycles. The van der Waals surface area contributed by atoms with Crippen molar-refractivity contribution in [2.24, 2.45) is 0 Å². The number of rotatable bonds is 7. The predicted molar refractivity (Wildman–Crippen MR) is 251 cm³/mol. The number of nitrogens with zero attached hydrogens (tertiary/aromatic N) is 2. The molecule has 60 heavy (non-hydrogen) atoms. The summed E-state index contributed by atoms with van der Waals surface area (Å²) in [7, 11) is 0. The van der Waals surface area contributed by atoms with Crippen LogP contribution in [0.25, 0.3) is 22.3 Å². The van der Waals surface area contributed by atoms with E-state index in [-0.39, 0.29) is 5.41 Å². The van der Waals surface area contributed by atoms with Crippen molar-refractivity contribution in [1.82, 2.24) is 0 Å². The van der Waals surface area contributed by atoms with Crippen LogP contribution >= 0.6 is 0 Å². The molecule has 0 unspecified atom stereocenters. The Labute approximate surface area is 353 Å². The van der Waals surface area contributed by atoms with Crippen molar-refractivity contribution in [3.63, 3.8) is 0 Å². The van der Waals surface area contributed by atoms with Gasteiger partial charge in [0.1, 0.15) is 0 Å². The van der Waals surface area contributed by atoms with Gasteiger partial charge in [-0.25, -0.2) is 0 Å². The minimum absolute atomic E-state index is 0.147. The molecule has 0 fully saturated rings. The number of benzene rings is 9. The molecular weight excluding hydrogens is 725 g/mol. The predicted octanol–water partition coefficient (Wildman–Crippen LogP) is 15.3. The largest absolute Gasteiger partial charge is 0.310 e. The first-order valence-corrected chi connectivity index (χ1v) is 20.9. The molecule has 11 rings (SSSR count). The van der Waals surface area contributed by atoms with Crippen LogP contribution in [0, 0.1) is 0 Å². The molecular formula is C58H44N2. The summed E-state index contributed by atoms with van der Waals surface area (Å²) in [5.74, 6) is 0. The van der Waals surface area contributed by atoms with Crippen LogP contribution in [0.1, 0.15) is 47.2 Å². The molecule has 0 saturated carbocycles. The van der Waals surface area contributed by atoms with E-state index in [2.05, 4.69) is 254 Å². The lowest BCUT2D eigenvalue weighted by molar-refractivity contribution is 0.632. The summed E-state index contributed by atoms with van der Waals surface area (Å²) >= 11 is 0. The zero-order valence-electron chi connectivity index (χ0n) is 33.8. The second kappa shape index (κ2) is 14.1. The molecule has 1 aliphatic heterocycles. The highest BCUT2D eigenvalue weighted by Gasteiger charge is 2.46. The molecule has 0 N–H and O–H groups in total. The molecule has 0 radical (unpaired) electrons. The van der Waals surface area contributed by atoms with Crippen molar-refractivity contribution in [3.8, 4) is 22.3 Å². The maximum atomic E-state index is 2.44. The quantitative estimate of drug-likeness (QED) is 0.159. The van der Waals surface area contributed by atoms with Crippen LogP contribution in [-0.4, -0.2) is 0 Å². The third-order valence-corrected chi connectivity index (χ3v) is 12.9. The lowest BCUT2D eigenvalue weighted by Gasteiger charge is -2.42. The first-order valence-electron chi connectivity index (χ1n) is 20.9. The maximum Gasteiger partial charge on any atom is 0.0714 e. The lowest BCUT2D eigenvalue weighted by Crippen LogP contribution is -2.30. The highest BCUT2D eigenvalue weighted by molar-refractivity contribution is 5.91. The second-order valence-electron chi connectivity index (χ2n) is 16.5. The Morgan fingerprint density at radius 2 is 0.850 bits per heavy atom. The van der Waals surface area contributed by atoms with Crippen molar-refractivity contribution < 1.29 is 0 Å². The Bertz CT molecular complexity index is 2950. The fourth-order valence-corrected chi connectivity index (χ4v) is 10.2. The average Bonchev–Trinajstić information content (AvgIpc) is 3.61. The molecule has 0 spiro atoms. The van der Waals surface area contributed by atoms with Gasteiger partial charge in [0.15, 0.2) is 0 Å². The minimum atomic E-state index is -0.480. The maximum absolute atomic E-state index is 2.44. The molecule has 1 aliphatic carbocycles. The molecule has 9 aromatic carbocycles. The third-order valence-electron chi connectivity index (χ3n) is 12.9. The van der Waals surface area contributed by atoms with Crippen LogP contribution < -0.4 is 9.80 Å². The highest BCUT2D eigenvalue weighted by Crippen LogP contribution is 2.57. The average molecular weight is 769 g/mol. The number of para-hydroxylation sites is 3. The van der Waals surface area contributed by atoms with Gasteiger partial charge in [0.2, 0.25) is 0 Å². The van der Waals surface area contributed by atoms with Gasteiger partial charge in [-0.05, 0) is 116 Å². The summed E-state index contributed by atoms with van der Waals surface area (Å²) < 4.78 is 0. The number of hydrogen-bond acceptors (Lipinski definition) is 2. The summed E-state index contributed by atoms with van der Waals surface area (Å²) in [6, 6.07) is 84.6. The first-order chi connectivity index (χ1) is 29.5. The summed E-state index contributed by atoms with van der Waals surface area (Å²) in [6.07, 6.45) is 0. The van der Waals surface area contributed by atoms with E-state index in [0.717, 1.165) is 22.7 Å². The molecule has 1 heterocycles. The highest BCUT2D eigenvalue weighted by atomic mass is 15.2. The van der Waals surface area contributed by atoms with E-state index in [1.54, 1.807) is 0 Å². The van der Waals surface area contributed by atoms with Crippen molar-refractivity contribution >= 4 is 34.1 Å². The normalized spacial score (nSPS) is 14.1. The van der Waals surface area contributed by atoms with Gasteiger partial charge >= 0.3 is 0 Å². The van der Waals surface area contributed by atoms with Crippen LogP contribution in [0.3, 0.4) is 0 Å². The van der Waals surface area contributed by atoms with E-state index in [0.29, 0.717) is 0 Å². The SMILES string of the molecule is CC1(C)c2ccccc2N(c2ccccc2)c2cc(-c3ccc(N(c4ccccc4)c4ccc5c(c4)C(c4ccccc4)(c4ccccc4)c4ccccc4-5)cc3)ccc21. The molecule has 9 aromatic rings. The Kier molecular flexibility index (Phi) is 8.42. The summed E-state index contributed by atoms with van der Waals surface area (Å²) in [5, 5.41) is 0.